The van der Waals surface area contributed by atoms with Crippen LogP contribution < -0.4 is 5.09 Å². The van der Waals surface area contributed by atoms with Crippen molar-refractivity contribution in [2.75, 3.05) is 37.0 Å². The van der Waals surface area contributed by atoms with E-state index >= 15 is 0 Å². The normalized spacial score (nSPS) is 18.3. The second-order valence-electron chi connectivity index (χ2n) is 3.22. The first kappa shape index (κ1) is 20.0. The molecule has 0 fully saturated rings. The van der Waals surface area contributed by atoms with Gasteiger partial charge in [0, 0.05) is 26.9 Å². The Bertz CT molecular complexity index is 243. The number of aliphatic hydroxyl groups excluding tert-OH is 1. The lowest BCUT2D eigenvalue weighted by molar-refractivity contribution is 0.197. The molecule has 0 aromatic rings. The molecule has 0 aromatic carbocycles. The third kappa shape index (κ3) is 9.83. The first-order valence-electron chi connectivity index (χ1n) is 5.12. The van der Waals surface area contributed by atoms with E-state index in [4.69, 9.17) is 14.2 Å². The molecule has 0 heterocycles. The van der Waals surface area contributed by atoms with Gasteiger partial charge in [-0.15, -0.1) is 0 Å². The first-order chi connectivity index (χ1) is 8.47. The Morgan fingerprint density at radius 2 is 1.56 bits per heavy atom. The molecule has 0 bridgehead atoms. The van der Waals surface area contributed by atoms with Crippen molar-refractivity contribution in [3.63, 3.8) is 0 Å². The van der Waals surface area contributed by atoms with Crippen molar-refractivity contribution in [2.24, 2.45) is 0 Å². The molecule has 5 nitrogen and oxygen atoms in total. The van der Waals surface area contributed by atoms with Crippen LogP contribution in [0.2, 0.25) is 0 Å². The van der Waals surface area contributed by atoms with E-state index in [9.17, 15) is 4.57 Å². The summed E-state index contributed by atoms with van der Waals surface area (Å²) >= 11 is 13.3. The van der Waals surface area contributed by atoms with Crippen LogP contribution >= 0.6 is 71.5 Å². The predicted molar refractivity (Wildman–Crippen MR) is 87.6 cm³/mol. The van der Waals surface area contributed by atoms with Crippen LogP contribution in [0.3, 0.4) is 0 Å². The van der Waals surface area contributed by atoms with Gasteiger partial charge in [-0.05, 0) is 0 Å². The lowest BCUT2D eigenvalue weighted by Gasteiger charge is -2.21. The van der Waals surface area contributed by atoms with Crippen LogP contribution in [-0.2, 0) is 13.6 Å². The Hall–Kier alpha value is 1.99. The van der Waals surface area contributed by atoms with Crippen molar-refractivity contribution in [3.8, 4) is 0 Å². The lowest BCUT2D eigenvalue weighted by atomic mass is 10.5. The Morgan fingerprint density at radius 1 is 1.11 bits per heavy atom. The second-order valence-corrected chi connectivity index (χ2v) is 8.94. The van der Waals surface area contributed by atoms with Crippen LogP contribution in [0.15, 0.2) is 0 Å². The second kappa shape index (κ2) is 11.6. The Balaban J connectivity index is 4.28. The molecular formula is C8H16Br4NO4P. The number of hydrogen-bond acceptors (Lipinski definition) is 4. The zero-order valence-corrected chi connectivity index (χ0v) is 16.8. The molecule has 0 saturated heterocycles. The summed E-state index contributed by atoms with van der Waals surface area (Å²) in [5.74, 6) is 0. The average molecular weight is 541 g/mol. The smallest absolute Gasteiger partial charge is 0.395 e. The highest BCUT2D eigenvalue weighted by molar-refractivity contribution is 9.12. The summed E-state index contributed by atoms with van der Waals surface area (Å²) in [5, 5.41) is 12.7. The number of halogens is 4. The molecule has 0 aromatic heterocycles. The number of alkyl halides is 4. The number of hydrogen-bond donors (Lipinski definition) is 2. The van der Waals surface area contributed by atoms with E-state index in [0.29, 0.717) is 10.7 Å². The van der Waals surface area contributed by atoms with E-state index in [0.717, 1.165) is 0 Å². The minimum Gasteiger partial charge on any atom is -0.395 e. The van der Waals surface area contributed by atoms with Gasteiger partial charge in [-0.2, -0.15) is 0 Å². The zero-order valence-electron chi connectivity index (χ0n) is 9.53. The SMILES string of the molecule is O=P(NCCO)(OC[C@H](Br)CBr)OC[C@@H](Br)CBr. The highest BCUT2D eigenvalue weighted by Crippen LogP contribution is 2.44. The van der Waals surface area contributed by atoms with Crippen molar-refractivity contribution in [3.05, 3.63) is 0 Å². The molecule has 0 rings (SSSR count). The van der Waals surface area contributed by atoms with E-state index in [1.54, 1.807) is 0 Å². The van der Waals surface area contributed by atoms with Crippen molar-refractivity contribution < 1.29 is 18.7 Å². The van der Waals surface area contributed by atoms with Gasteiger partial charge < -0.3 is 5.11 Å². The topological polar surface area (TPSA) is 67.8 Å². The highest BCUT2D eigenvalue weighted by Gasteiger charge is 2.26. The minimum atomic E-state index is -3.38. The van der Waals surface area contributed by atoms with Crippen molar-refractivity contribution in [2.45, 2.75) is 9.65 Å². The highest BCUT2D eigenvalue weighted by atomic mass is 79.9. The molecule has 18 heavy (non-hydrogen) atoms. The van der Waals surface area contributed by atoms with Crippen molar-refractivity contribution in [1.82, 2.24) is 5.09 Å². The van der Waals surface area contributed by atoms with Gasteiger partial charge in [0.1, 0.15) is 0 Å². The summed E-state index contributed by atoms with van der Waals surface area (Å²) in [7, 11) is -3.38. The molecule has 10 heteroatoms. The zero-order chi connectivity index (χ0) is 14.0. The van der Waals surface area contributed by atoms with Crippen LogP contribution in [0.25, 0.3) is 0 Å². The minimum absolute atomic E-state index is 0.0429. The quantitative estimate of drug-likeness (QED) is 0.312. The fourth-order valence-electron chi connectivity index (χ4n) is 0.763. The standard InChI is InChI=1S/C8H16Br4NO4P/c9-3-7(11)5-16-18(15,13-1-2-14)17-6-8(12)4-10/h7-8,14H,1-6H2,(H,13,15)/t7-,8+,18?. The van der Waals surface area contributed by atoms with Crippen molar-refractivity contribution >= 4 is 71.5 Å². The maximum Gasteiger partial charge on any atom is 0.405 e. The van der Waals surface area contributed by atoms with Gasteiger partial charge in [-0.3, -0.25) is 9.05 Å². The fourth-order valence-corrected chi connectivity index (χ4v) is 3.19. The predicted octanol–water partition coefficient (Wildman–Crippen LogP) is 3.03. The van der Waals surface area contributed by atoms with Crippen LogP contribution in [0.5, 0.6) is 0 Å². The molecular weight excluding hydrogens is 525 g/mol. The van der Waals surface area contributed by atoms with E-state index in [1.807, 2.05) is 0 Å². The van der Waals surface area contributed by atoms with Crippen LogP contribution in [0.4, 0.5) is 0 Å². The molecule has 0 amide bonds. The summed E-state index contributed by atoms with van der Waals surface area (Å²) in [4.78, 5) is 0.0857. The maximum atomic E-state index is 12.3. The summed E-state index contributed by atoms with van der Waals surface area (Å²) < 4.78 is 22.8. The number of aliphatic hydroxyl groups is 1. The van der Waals surface area contributed by atoms with Crippen LogP contribution in [0.1, 0.15) is 0 Å². The summed E-state index contributed by atoms with van der Waals surface area (Å²) in [6, 6.07) is 0. The van der Waals surface area contributed by atoms with Gasteiger partial charge in [-0.25, -0.2) is 9.65 Å². The Labute approximate surface area is 141 Å². The van der Waals surface area contributed by atoms with E-state index in [2.05, 4.69) is 68.8 Å². The number of nitrogens with one attached hydrogen (secondary N) is 1. The molecule has 0 saturated carbocycles. The van der Waals surface area contributed by atoms with Gasteiger partial charge in [0.05, 0.1) is 19.8 Å². The molecule has 2 N–H and O–H groups in total. The molecule has 3 atom stereocenters. The average Bonchev–Trinajstić information content (AvgIpc) is 2.40. The summed E-state index contributed by atoms with van der Waals surface area (Å²) in [6.45, 7) is 0.493. The van der Waals surface area contributed by atoms with Gasteiger partial charge in [0.25, 0.3) is 0 Å². The third-order valence-electron chi connectivity index (χ3n) is 1.60. The fraction of sp³-hybridized carbons (Fsp3) is 1.00. The molecule has 0 spiro atoms. The monoisotopic (exact) mass is 537 g/mol. The van der Waals surface area contributed by atoms with Gasteiger partial charge in [0.2, 0.25) is 0 Å². The Morgan fingerprint density at radius 3 is 1.89 bits per heavy atom. The molecule has 0 aliphatic carbocycles. The van der Waals surface area contributed by atoms with E-state index < -0.39 is 7.75 Å². The van der Waals surface area contributed by atoms with Crippen LogP contribution in [0, 0.1) is 0 Å². The summed E-state index contributed by atoms with van der Waals surface area (Å²) in [5.41, 5.74) is 0. The molecule has 0 radical (unpaired) electrons. The van der Waals surface area contributed by atoms with Gasteiger partial charge in [0.15, 0.2) is 0 Å². The molecule has 1 unspecified atom stereocenters. The molecule has 110 valence electrons. The van der Waals surface area contributed by atoms with Crippen molar-refractivity contribution in [1.29, 1.82) is 0 Å². The van der Waals surface area contributed by atoms with Gasteiger partial charge >= 0.3 is 7.75 Å². The maximum absolute atomic E-state index is 12.3. The first-order valence-corrected chi connectivity index (χ1v) is 10.7. The van der Waals surface area contributed by atoms with Crippen LogP contribution in [-0.4, -0.2) is 51.8 Å². The lowest BCUT2D eigenvalue weighted by Crippen LogP contribution is -2.23. The van der Waals surface area contributed by atoms with Gasteiger partial charge in [-0.1, -0.05) is 63.7 Å². The molecule has 0 aliphatic heterocycles. The van der Waals surface area contributed by atoms with E-state index in [-0.39, 0.29) is 36.0 Å². The van der Waals surface area contributed by atoms with E-state index in [1.165, 1.54) is 0 Å². The Kier molecular flexibility index (Phi) is 12.9. The molecule has 0 aliphatic rings. The largest absolute Gasteiger partial charge is 0.405 e. The third-order valence-corrected chi connectivity index (χ3v) is 7.67. The number of rotatable bonds is 11. The summed E-state index contributed by atoms with van der Waals surface area (Å²) in [6.07, 6.45) is 0.